The Kier molecular flexibility index (Phi) is 5.43. The maximum Gasteiger partial charge on any atom is 0.114 e. The maximum atomic E-state index is 10.1. The van der Waals surface area contributed by atoms with Gasteiger partial charge in [0.05, 0.1) is 12.2 Å². The lowest BCUT2D eigenvalue weighted by atomic mass is 9.97. The first-order chi connectivity index (χ1) is 13.4. The molecule has 2 saturated heterocycles. The first-order valence-corrected chi connectivity index (χ1v) is 10.6. The van der Waals surface area contributed by atoms with Crippen LogP contribution < -0.4 is 4.90 Å². The van der Waals surface area contributed by atoms with Gasteiger partial charge in [-0.2, -0.15) is 0 Å². The normalized spacial score (nSPS) is 20.6. The van der Waals surface area contributed by atoms with Crippen LogP contribution >= 0.6 is 0 Å². The molecule has 6 heteroatoms. The van der Waals surface area contributed by atoms with E-state index in [4.69, 9.17) is 0 Å². The minimum absolute atomic E-state index is 0.396. The second-order valence-electron chi connectivity index (χ2n) is 8.97. The molecule has 0 bridgehead atoms. The number of hydrogen-bond acceptors (Lipinski definition) is 5. The highest BCUT2D eigenvalue weighted by Crippen LogP contribution is 2.29. The van der Waals surface area contributed by atoms with Gasteiger partial charge in [0.25, 0.3) is 0 Å². The first-order valence-electron chi connectivity index (χ1n) is 10.6. The number of anilines is 1. The summed E-state index contributed by atoms with van der Waals surface area (Å²) in [5, 5.41) is 18.5. The highest BCUT2D eigenvalue weighted by Gasteiger charge is 2.30. The van der Waals surface area contributed by atoms with Gasteiger partial charge in [0.2, 0.25) is 0 Å². The average molecular weight is 384 g/mol. The third-order valence-electron chi connectivity index (χ3n) is 6.36. The van der Waals surface area contributed by atoms with E-state index in [1.165, 1.54) is 24.1 Å². The Balaban J connectivity index is 1.28. The van der Waals surface area contributed by atoms with Crippen LogP contribution in [0.15, 0.2) is 30.5 Å². The molecule has 3 heterocycles. The van der Waals surface area contributed by atoms with Crippen LogP contribution in [0.2, 0.25) is 0 Å². The summed E-state index contributed by atoms with van der Waals surface area (Å²) < 4.78 is 1.96. The Labute approximate surface area is 168 Å². The molecule has 1 aromatic heterocycles. The summed E-state index contributed by atoms with van der Waals surface area (Å²) in [4.78, 5) is 5.21. The molecule has 6 nitrogen and oxygen atoms in total. The van der Waals surface area contributed by atoms with Crippen molar-refractivity contribution in [2.24, 2.45) is 0 Å². The molecule has 2 aliphatic rings. The summed E-state index contributed by atoms with van der Waals surface area (Å²) in [6, 6.07) is 9.96. The van der Waals surface area contributed by atoms with Crippen LogP contribution in [0.5, 0.6) is 0 Å². The van der Waals surface area contributed by atoms with E-state index in [0.717, 1.165) is 39.0 Å². The molecule has 4 rings (SSSR count). The number of aryl methyl sites for hydroxylation is 1. The number of hydrogen-bond donors (Lipinski definition) is 1. The molecule has 1 aromatic carbocycles. The van der Waals surface area contributed by atoms with Crippen LogP contribution in [-0.2, 0) is 5.60 Å². The predicted octanol–water partition coefficient (Wildman–Crippen LogP) is 3.12. The van der Waals surface area contributed by atoms with Crippen molar-refractivity contribution in [1.82, 2.24) is 19.9 Å². The lowest BCUT2D eigenvalue weighted by molar-refractivity contribution is 0.0736. The second-order valence-corrected chi connectivity index (χ2v) is 8.97. The zero-order chi connectivity index (χ0) is 19.7. The number of likely N-dealkylation sites (tertiary alicyclic amines) is 1. The second kappa shape index (κ2) is 7.84. The van der Waals surface area contributed by atoms with Crippen molar-refractivity contribution in [3.63, 3.8) is 0 Å². The number of rotatable bonds is 4. The van der Waals surface area contributed by atoms with Gasteiger partial charge in [-0.1, -0.05) is 17.3 Å². The molecule has 0 spiro atoms. The summed E-state index contributed by atoms with van der Waals surface area (Å²) in [7, 11) is 0. The van der Waals surface area contributed by atoms with Gasteiger partial charge in [0.1, 0.15) is 11.3 Å². The van der Waals surface area contributed by atoms with Gasteiger partial charge in [0, 0.05) is 37.9 Å². The lowest BCUT2D eigenvalue weighted by Gasteiger charge is -2.42. The maximum absolute atomic E-state index is 10.1. The van der Waals surface area contributed by atoms with Gasteiger partial charge in [-0.05, 0) is 64.2 Å². The third kappa shape index (κ3) is 4.23. The van der Waals surface area contributed by atoms with E-state index in [9.17, 15) is 5.11 Å². The van der Waals surface area contributed by atoms with Crippen LogP contribution in [0.25, 0.3) is 0 Å². The van der Waals surface area contributed by atoms with Gasteiger partial charge in [0.15, 0.2) is 0 Å². The van der Waals surface area contributed by atoms with E-state index in [0.29, 0.717) is 17.8 Å². The quantitative estimate of drug-likeness (QED) is 0.879. The van der Waals surface area contributed by atoms with Crippen LogP contribution in [0.3, 0.4) is 0 Å². The Hall–Kier alpha value is -1.92. The fourth-order valence-corrected chi connectivity index (χ4v) is 4.56. The highest BCUT2D eigenvalue weighted by molar-refractivity contribution is 5.48. The summed E-state index contributed by atoms with van der Waals surface area (Å²) in [6.45, 7) is 10.2. The zero-order valence-corrected chi connectivity index (χ0v) is 17.4. The molecular formula is C22H33N5O. The largest absolute Gasteiger partial charge is 0.384 e. The van der Waals surface area contributed by atoms with Crippen LogP contribution in [0, 0.1) is 6.92 Å². The standard InChI is InChI=1S/C22H33N5O/c1-17-5-4-6-20(15-17)26-11-7-18(8-12-26)25-13-9-19(10-14-25)27-16-21(23-24-27)22(2,3)28/h4-6,15-16,18-19,28H,7-14H2,1-3H3. The number of piperidine rings is 2. The number of benzene rings is 1. The van der Waals surface area contributed by atoms with Crippen LogP contribution in [0.4, 0.5) is 5.69 Å². The van der Waals surface area contributed by atoms with Crippen LogP contribution in [0.1, 0.15) is 56.8 Å². The molecule has 2 aliphatic heterocycles. The minimum atomic E-state index is -0.926. The third-order valence-corrected chi connectivity index (χ3v) is 6.36. The summed E-state index contributed by atoms with van der Waals surface area (Å²) >= 11 is 0. The van der Waals surface area contributed by atoms with E-state index in [1.807, 2.05) is 10.9 Å². The average Bonchev–Trinajstić information content (AvgIpc) is 3.19. The first kappa shape index (κ1) is 19.4. The molecule has 0 unspecified atom stereocenters. The Morgan fingerprint density at radius 2 is 1.68 bits per heavy atom. The molecule has 2 fully saturated rings. The molecule has 0 aliphatic carbocycles. The summed E-state index contributed by atoms with van der Waals surface area (Å²) in [6.07, 6.45) is 6.61. The molecule has 0 atom stereocenters. The van der Waals surface area contributed by atoms with Crippen molar-refractivity contribution in [1.29, 1.82) is 0 Å². The van der Waals surface area contributed by atoms with Gasteiger partial charge in [-0.3, -0.25) is 0 Å². The Bertz CT molecular complexity index is 780. The van der Waals surface area contributed by atoms with Gasteiger partial charge in [-0.15, -0.1) is 5.10 Å². The van der Waals surface area contributed by atoms with Gasteiger partial charge < -0.3 is 14.9 Å². The fraction of sp³-hybridized carbons (Fsp3) is 0.636. The van der Waals surface area contributed by atoms with E-state index >= 15 is 0 Å². The summed E-state index contributed by atoms with van der Waals surface area (Å²) in [5.41, 5.74) is 2.43. The van der Waals surface area contributed by atoms with Gasteiger partial charge in [-0.25, -0.2) is 4.68 Å². The van der Waals surface area contributed by atoms with Gasteiger partial charge >= 0.3 is 0 Å². The number of aromatic nitrogens is 3. The molecule has 152 valence electrons. The van der Waals surface area contributed by atoms with E-state index in [1.54, 1.807) is 13.8 Å². The molecular weight excluding hydrogens is 350 g/mol. The predicted molar refractivity (Wildman–Crippen MR) is 112 cm³/mol. The number of aliphatic hydroxyl groups is 1. The van der Waals surface area contributed by atoms with Crippen LogP contribution in [-0.4, -0.2) is 57.2 Å². The van der Waals surface area contributed by atoms with Crippen molar-refractivity contribution < 1.29 is 5.11 Å². The van der Waals surface area contributed by atoms with Crippen molar-refractivity contribution in [2.75, 3.05) is 31.1 Å². The Morgan fingerprint density at radius 3 is 2.29 bits per heavy atom. The smallest absolute Gasteiger partial charge is 0.114 e. The van der Waals surface area contributed by atoms with Crippen molar-refractivity contribution in [2.45, 2.75) is 64.1 Å². The monoisotopic (exact) mass is 383 g/mol. The Morgan fingerprint density at radius 1 is 1.00 bits per heavy atom. The molecule has 0 amide bonds. The van der Waals surface area contributed by atoms with E-state index < -0.39 is 5.60 Å². The zero-order valence-electron chi connectivity index (χ0n) is 17.4. The molecule has 28 heavy (non-hydrogen) atoms. The van der Waals surface area contributed by atoms with Crippen molar-refractivity contribution in [3.05, 3.63) is 41.7 Å². The number of nitrogens with zero attached hydrogens (tertiary/aromatic N) is 5. The SMILES string of the molecule is Cc1cccc(N2CCC(N3CCC(n4cc(C(C)(C)O)nn4)CC3)CC2)c1. The molecule has 1 N–H and O–H groups in total. The lowest BCUT2D eigenvalue weighted by Crippen LogP contribution is -2.48. The van der Waals surface area contributed by atoms with E-state index in [-0.39, 0.29) is 0 Å². The molecule has 0 saturated carbocycles. The van der Waals surface area contributed by atoms with Crippen molar-refractivity contribution >= 4 is 5.69 Å². The van der Waals surface area contributed by atoms with Crippen molar-refractivity contribution in [3.8, 4) is 0 Å². The minimum Gasteiger partial charge on any atom is -0.384 e. The molecule has 2 aromatic rings. The highest BCUT2D eigenvalue weighted by atomic mass is 16.3. The fourth-order valence-electron chi connectivity index (χ4n) is 4.56. The van der Waals surface area contributed by atoms with E-state index in [2.05, 4.69) is 51.3 Å². The topological polar surface area (TPSA) is 57.4 Å². The molecule has 0 radical (unpaired) electrons. The summed E-state index contributed by atoms with van der Waals surface area (Å²) in [5.74, 6) is 0.